The van der Waals surface area contributed by atoms with Gasteiger partial charge in [0.2, 0.25) is 0 Å². The van der Waals surface area contributed by atoms with Crippen molar-refractivity contribution in [1.82, 2.24) is 4.90 Å². The minimum Gasteiger partial charge on any atom is -0.497 e. The molecule has 2 unspecified atom stereocenters. The minimum atomic E-state index is -1.02. The quantitative estimate of drug-likeness (QED) is 0.765. The maximum atomic E-state index is 14.1. The van der Waals surface area contributed by atoms with Crippen LogP contribution >= 0.6 is 11.6 Å². The highest BCUT2D eigenvalue weighted by Gasteiger charge is 2.41. The number of hydrogen-bond acceptors (Lipinski definition) is 4. The van der Waals surface area contributed by atoms with Gasteiger partial charge in [0.05, 0.1) is 7.11 Å². The number of ether oxygens (including phenoxy) is 2. The third-order valence-corrected chi connectivity index (χ3v) is 5.21. The molecule has 146 valence electrons. The number of aliphatic hydroxyl groups is 1. The van der Waals surface area contributed by atoms with E-state index in [9.17, 15) is 9.50 Å². The predicted octanol–water partition coefficient (Wildman–Crippen LogP) is 4.80. The van der Waals surface area contributed by atoms with Crippen LogP contribution < -0.4 is 9.47 Å². The van der Waals surface area contributed by atoms with Crippen molar-refractivity contribution in [2.45, 2.75) is 44.6 Å². The van der Waals surface area contributed by atoms with Gasteiger partial charge in [0.15, 0.2) is 11.6 Å². The second kappa shape index (κ2) is 8.05. The maximum Gasteiger partial charge on any atom is 0.166 e. The zero-order valence-corrected chi connectivity index (χ0v) is 16.5. The Morgan fingerprint density at radius 2 is 2.04 bits per heavy atom. The summed E-state index contributed by atoms with van der Waals surface area (Å²) in [6.45, 7) is 4.25. The number of benzene rings is 2. The number of methoxy groups -OCH3 is 1. The predicted molar refractivity (Wildman–Crippen MR) is 104 cm³/mol. The Labute approximate surface area is 164 Å². The van der Waals surface area contributed by atoms with Crippen LogP contribution in [0.4, 0.5) is 4.39 Å². The van der Waals surface area contributed by atoms with Crippen LogP contribution in [0.5, 0.6) is 11.5 Å². The second-order valence-electron chi connectivity index (χ2n) is 7.33. The number of halogens is 2. The van der Waals surface area contributed by atoms with Gasteiger partial charge in [-0.3, -0.25) is 4.90 Å². The molecule has 1 N–H and O–H groups in total. The van der Waals surface area contributed by atoms with Crippen LogP contribution in [0.2, 0.25) is 5.02 Å². The fourth-order valence-corrected chi connectivity index (χ4v) is 3.74. The molecule has 3 rings (SSSR count). The standard InChI is InChI=1S/C21H25ClFNO3/c1-21(2,27-19-10-9-15(22)13-17(19)23)20(25)24-11-5-8-18(24)14-6-4-7-16(12-14)26-3/h4,6-7,9-10,12-13,18,20,25H,5,8,11H2,1-3H3. The Morgan fingerprint density at radius 3 is 2.74 bits per heavy atom. The van der Waals surface area contributed by atoms with Crippen molar-refractivity contribution >= 4 is 11.6 Å². The first-order chi connectivity index (χ1) is 12.8. The molecule has 0 radical (unpaired) electrons. The highest BCUT2D eigenvalue weighted by molar-refractivity contribution is 6.30. The molecular formula is C21H25ClFNO3. The lowest BCUT2D eigenvalue weighted by atomic mass is 10.0. The summed E-state index contributed by atoms with van der Waals surface area (Å²) in [6.07, 6.45) is 0.978. The molecule has 0 aliphatic carbocycles. The van der Waals surface area contributed by atoms with Crippen molar-refractivity contribution in [3.63, 3.8) is 0 Å². The first-order valence-electron chi connectivity index (χ1n) is 9.03. The lowest BCUT2D eigenvalue weighted by molar-refractivity contribution is -0.124. The molecule has 27 heavy (non-hydrogen) atoms. The van der Waals surface area contributed by atoms with Gasteiger partial charge in [0.1, 0.15) is 17.6 Å². The van der Waals surface area contributed by atoms with Crippen molar-refractivity contribution in [3.05, 3.63) is 58.9 Å². The molecule has 0 bridgehead atoms. The molecule has 2 aromatic rings. The Kier molecular flexibility index (Phi) is 5.94. The maximum absolute atomic E-state index is 14.1. The molecule has 4 nitrogen and oxygen atoms in total. The van der Waals surface area contributed by atoms with E-state index in [-0.39, 0.29) is 11.8 Å². The first-order valence-corrected chi connectivity index (χ1v) is 9.41. The van der Waals surface area contributed by atoms with Crippen molar-refractivity contribution in [2.75, 3.05) is 13.7 Å². The van der Waals surface area contributed by atoms with Gasteiger partial charge < -0.3 is 14.6 Å². The number of hydrogen-bond donors (Lipinski definition) is 1. The van der Waals surface area contributed by atoms with Gasteiger partial charge >= 0.3 is 0 Å². The molecule has 2 atom stereocenters. The van der Waals surface area contributed by atoms with Crippen LogP contribution in [-0.4, -0.2) is 35.5 Å². The van der Waals surface area contributed by atoms with Crippen LogP contribution in [0.3, 0.4) is 0 Å². The number of rotatable bonds is 6. The van der Waals surface area contributed by atoms with Crippen molar-refractivity contribution < 1.29 is 19.0 Å². The van der Waals surface area contributed by atoms with Gasteiger partial charge in [-0.2, -0.15) is 0 Å². The van der Waals surface area contributed by atoms with Crippen LogP contribution in [-0.2, 0) is 0 Å². The molecule has 0 saturated carbocycles. The first kappa shape index (κ1) is 19.9. The Balaban J connectivity index is 1.80. The summed E-state index contributed by atoms with van der Waals surface area (Å²) >= 11 is 5.80. The molecule has 0 spiro atoms. The lowest BCUT2D eigenvalue weighted by Crippen LogP contribution is -2.52. The monoisotopic (exact) mass is 393 g/mol. The van der Waals surface area contributed by atoms with E-state index in [2.05, 4.69) is 0 Å². The van der Waals surface area contributed by atoms with Crippen LogP contribution in [0, 0.1) is 5.82 Å². The fourth-order valence-electron chi connectivity index (χ4n) is 3.58. The van der Waals surface area contributed by atoms with E-state index in [1.165, 1.54) is 12.1 Å². The van der Waals surface area contributed by atoms with E-state index < -0.39 is 17.6 Å². The number of nitrogens with zero attached hydrogens (tertiary/aromatic N) is 1. The largest absolute Gasteiger partial charge is 0.497 e. The molecule has 1 saturated heterocycles. The van der Waals surface area contributed by atoms with E-state index in [0.29, 0.717) is 5.02 Å². The molecule has 0 aromatic heterocycles. The summed E-state index contributed by atoms with van der Waals surface area (Å²) in [5.41, 5.74) is 0.0650. The summed E-state index contributed by atoms with van der Waals surface area (Å²) in [6, 6.07) is 12.2. The highest BCUT2D eigenvalue weighted by atomic mass is 35.5. The fraction of sp³-hybridized carbons (Fsp3) is 0.429. The van der Waals surface area contributed by atoms with Crippen molar-refractivity contribution in [1.29, 1.82) is 0 Å². The SMILES string of the molecule is COc1cccc(C2CCCN2C(O)C(C)(C)Oc2ccc(Cl)cc2F)c1. The van der Waals surface area contributed by atoms with Gasteiger partial charge in [-0.05, 0) is 62.6 Å². The van der Waals surface area contributed by atoms with E-state index in [1.807, 2.05) is 29.2 Å². The van der Waals surface area contributed by atoms with Crippen LogP contribution in [0.15, 0.2) is 42.5 Å². The van der Waals surface area contributed by atoms with Crippen molar-refractivity contribution in [3.8, 4) is 11.5 Å². The highest BCUT2D eigenvalue weighted by Crippen LogP contribution is 2.38. The zero-order chi connectivity index (χ0) is 19.6. The molecule has 1 aliphatic rings. The van der Waals surface area contributed by atoms with E-state index in [1.54, 1.807) is 27.0 Å². The second-order valence-corrected chi connectivity index (χ2v) is 7.76. The molecule has 1 fully saturated rings. The number of aliphatic hydroxyl groups excluding tert-OH is 1. The van der Waals surface area contributed by atoms with Gasteiger partial charge in [-0.1, -0.05) is 23.7 Å². The smallest absolute Gasteiger partial charge is 0.166 e. The molecule has 1 heterocycles. The summed E-state index contributed by atoms with van der Waals surface area (Å²) in [7, 11) is 1.64. The Bertz CT molecular complexity index is 799. The third-order valence-electron chi connectivity index (χ3n) is 4.98. The average Bonchev–Trinajstić information content (AvgIpc) is 3.13. The Morgan fingerprint density at radius 1 is 1.26 bits per heavy atom. The van der Waals surface area contributed by atoms with E-state index in [4.69, 9.17) is 21.1 Å². The van der Waals surface area contributed by atoms with Gasteiger partial charge in [-0.25, -0.2) is 4.39 Å². The molecule has 1 aliphatic heterocycles. The third kappa shape index (κ3) is 4.37. The van der Waals surface area contributed by atoms with Gasteiger partial charge in [-0.15, -0.1) is 0 Å². The van der Waals surface area contributed by atoms with E-state index in [0.717, 1.165) is 30.7 Å². The van der Waals surface area contributed by atoms with Crippen molar-refractivity contribution in [2.24, 2.45) is 0 Å². The molecule has 2 aromatic carbocycles. The van der Waals surface area contributed by atoms with Gasteiger partial charge in [0, 0.05) is 17.6 Å². The minimum absolute atomic E-state index is 0.0491. The normalized spacial score (nSPS) is 19.1. The summed E-state index contributed by atoms with van der Waals surface area (Å²) < 4.78 is 25.3. The van der Waals surface area contributed by atoms with Gasteiger partial charge in [0.25, 0.3) is 0 Å². The molecule has 6 heteroatoms. The zero-order valence-electron chi connectivity index (χ0n) is 15.8. The molecular weight excluding hydrogens is 369 g/mol. The molecule has 0 amide bonds. The Hall–Kier alpha value is -1.82. The average molecular weight is 394 g/mol. The number of likely N-dealkylation sites (tertiary alicyclic amines) is 1. The summed E-state index contributed by atoms with van der Waals surface area (Å²) in [4.78, 5) is 2.00. The summed E-state index contributed by atoms with van der Waals surface area (Å²) in [5.74, 6) is 0.307. The lowest BCUT2D eigenvalue weighted by Gasteiger charge is -2.39. The summed E-state index contributed by atoms with van der Waals surface area (Å²) in [5, 5.41) is 11.4. The topological polar surface area (TPSA) is 41.9 Å². The van der Waals surface area contributed by atoms with Crippen LogP contribution in [0.1, 0.15) is 38.3 Å². The van der Waals surface area contributed by atoms with E-state index >= 15 is 0 Å². The van der Waals surface area contributed by atoms with Crippen LogP contribution in [0.25, 0.3) is 0 Å².